The van der Waals surface area contributed by atoms with Gasteiger partial charge in [-0.3, -0.25) is 4.79 Å². The molecule has 1 amide bonds. The Morgan fingerprint density at radius 1 is 1.22 bits per heavy atom. The van der Waals surface area contributed by atoms with E-state index in [2.05, 4.69) is 22.0 Å². The van der Waals surface area contributed by atoms with Crippen LogP contribution in [0.1, 0.15) is 27.2 Å². The molecule has 0 bridgehead atoms. The smallest absolute Gasteiger partial charge is 0.221 e. The Morgan fingerprint density at radius 3 is 2.28 bits per heavy atom. The lowest BCUT2D eigenvalue weighted by molar-refractivity contribution is -0.121. The molecule has 106 valence electrons. The maximum Gasteiger partial charge on any atom is 0.221 e. The summed E-state index contributed by atoms with van der Waals surface area (Å²) in [5.41, 5.74) is 5.49. The molecule has 5 nitrogen and oxygen atoms in total. The molecule has 1 saturated heterocycles. The molecule has 0 saturated carbocycles. The minimum absolute atomic E-state index is 0.103. The van der Waals surface area contributed by atoms with Crippen LogP contribution in [0.2, 0.25) is 0 Å². The van der Waals surface area contributed by atoms with E-state index >= 15 is 0 Å². The average Bonchev–Trinajstić information content (AvgIpc) is 2.33. The topological polar surface area (TPSA) is 61.6 Å². The molecule has 3 N–H and O–H groups in total. The van der Waals surface area contributed by atoms with Crippen LogP contribution in [0.15, 0.2) is 0 Å². The fraction of sp³-hybridized carbons (Fsp3) is 0.923. The first-order valence-electron chi connectivity index (χ1n) is 6.91. The van der Waals surface area contributed by atoms with Crippen LogP contribution in [-0.4, -0.2) is 67.1 Å². The number of nitrogens with zero attached hydrogens (tertiary/aromatic N) is 2. The van der Waals surface area contributed by atoms with Gasteiger partial charge in [0.25, 0.3) is 0 Å². The van der Waals surface area contributed by atoms with E-state index in [-0.39, 0.29) is 11.4 Å². The molecule has 1 aliphatic rings. The van der Waals surface area contributed by atoms with Gasteiger partial charge in [0.1, 0.15) is 0 Å². The summed E-state index contributed by atoms with van der Waals surface area (Å²) in [4.78, 5) is 16.4. The van der Waals surface area contributed by atoms with E-state index in [1.54, 1.807) is 0 Å². The summed E-state index contributed by atoms with van der Waals surface area (Å²) in [5.74, 6) is 0.103. The van der Waals surface area contributed by atoms with Crippen molar-refractivity contribution in [3.8, 4) is 0 Å². The van der Waals surface area contributed by atoms with E-state index in [0.717, 1.165) is 39.3 Å². The Morgan fingerprint density at radius 2 is 1.78 bits per heavy atom. The second kappa shape index (κ2) is 7.07. The Balaban J connectivity index is 2.12. The summed E-state index contributed by atoms with van der Waals surface area (Å²) < 4.78 is 0. The molecule has 0 aromatic heterocycles. The van der Waals surface area contributed by atoms with Gasteiger partial charge in [0.15, 0.2) is 0 Å². The summed E-state index contributed by atoms with van der Waals surface area (Å²) in [7, 11) is 0. The van der Waals surface area contributed by atoms with Crippen LogP contribution in [0.5, 0.6) is 0 Å². The molecule has 1 rings (SSSR count). The lowest BCUT2D eigenvalue weighted by atomic mass is 10.1. The van der Waals surface area contributed by atoms with Gasteiger partial charge in [-0.05, 0) is 20.4 Å². The van der Waals surface area contributed by atoms with Crippen LogP contribution < -0.4 is 11.1 Å². The number of piperazine rings is 1. The minimum atomic E-state index is -0.331. The summed E-state index contributed by atoms with van der Waals surface area (Å²) in [5, 5.41) is 2.88. The first kappa shape index (κ1) is 15.4. The predicted molar refractivity (Wildman–Crippen MR) is 74.4 cm³/mol. The normalized spacial score (nSPS) is 18.9. The highest BCUT2D eigenvalue weighted by Gasteiger charge is 2.17. The highest BCUT2D eigenvalue weighted by Crippen LogP contribution is 2.02. The highest BCUT2D eigenvalue weighted by molar-refractivity contribution is 5.76. The van der Waals surface area contributed by atoms with Gasteiger partial charge in [0.05, 0.1) is 0 Å². The molecule has 1 fully saturated rings. The maximum atomic E-state index is 11.6. The molecular weight excluding hydrogens is 228 g/mol. The first-order valence-corrected chi connectivity index (χ1v) is 6.91. The number of hydrogen-bond acceptors (Lipinski definition) is 4. The number of amides is 1. The lowest BCUT2D eigenvalue weighted by Crippen LogP contribution is -2.48. The molecule has 0 radical (unpaired) electrons. The number of carbonyl (C=O) groups is 1. The number of hydrogen-bond donors (Lipinski definition) is 2. The molecular formula is C13H28N4O. The lowest BCUT2D eigenvalue weighted by Gasteiger charge is -2.33. The Bertz CT molecular complexity index is 254. The van der Waals surface area contributed by atoms with Crippen LogP contribution in [0.25, 0.3) is 0 Å². The van der Waals surface area contributed by atoms with E-state index in [1.807, 2.05) is 13.8 Å². The molecule has 18 heavy (non-hydrogen) atoms. The van der Waals surface area contributed by atoms with E-state index < -0.39 is 0 Å². The van der Waals surface area contributed by atoms with Crippen LogP contribution in [0, 0.1) is 0 Å². The van der Waals surface area contributed by atoms with E-state index in [0.29, 0.717) is 13.0 Å². The van der Waals surface area contributed by atoms with Crippen molar-refractivity contribution < 1.29 is 4.79 Å². The average molecular weight is 256 g/mol. The van der Waals surface area contributed by atoms with Crippen molar-refractivity contribution in [1.82, 2.24) is 15.1 Å². The molecule has 1 heterocycles. The number of nitrogens with one attached hydrogen (secondary N) is 1. The summed E-state index contributed by atoms with van der Waals surface area (Å²) in [6, 6.07) is 0. The van der Waals surface area contributed by atoms with Gasteiger partial charge in [0.2, 0.25) is 5.91 Å². The molecule has 0 unspecified atom stereocenters. The minimum Gasteiger partial charge on any atom is -0.354 e. The van der Waals surface area contributed by atoms with Gasteiger partial charge in [-0.15, -0.1) is 0 Å². The third kappa shape index (κ3) is 6.33. The summed E-state index contributed by atoms with van der Waals surface area (Å²) in [6.45, 7) is 12.9. The van der Waals surface area contributed by atoms with E-state index in [4.69, 9.17) is 5.73 Å². The number of likely N-dealkylation sites (N-methyl/N-ethyl adjacent to an activating group) is 1. The molecule has 1 aliphatic heterocycles. The molecule has 0 aliphatic carbocycles. The van der Waals surface area contributed by atoms with Crippen molar-refractivity contribution in [2.75, 3.05) is 45.8 Å². The van der Waals surface area contributed by atoms with Gasteiger partial charge >= 0.3 is 0 Å². The Kier molecular flexibility index (Phi) is 6.05. The van der Waals surface area contributed by atoms with Crippen LogP contribution in [0.3, 0.4) is 0 Å². The highest BCUT2D eigenvalue weighted by atomic mass is 16.1. The van der Waals surface area contributed by atoms with Gasteiger partial charge in [-0.25, -0.2) is 0 Å². The standard InChI is InChI=1S/C13H28N4O/c1-4-16-7-9-17(10-8-16)6-5-12(18)15-11-13(2,3)14/h4-11,14H2,1-3H3,(H,15,18). The number of rotatable bonds is 6. The fourth-order valence-electron chi connectivity index (χ4n) is 2.00. The van der Waals surface area contributed by atoms with Crippen molar-refractivity contribution in [3.05, 3.63) is 0 Å². The molecule has 0 spiro atoms. The first-order chi connectivity index (χ1) is 8.40. The predicted octanol–water partition coefficient (Wildman–Crippen LogP) is -0.132. The second-order valence-corrected chi connectivity index (χ2v) is 5.79. The number of nitrogens with two attached hydrogens (primary N) is 1. The largest absolute Gasteiger partial charge is 0.354 e. The van der Waals surface area contributed by atoms with Crippen molar-refractivity contribution in [3.63, 3.8) is 0 Å². The summed E-state index contributed by atoms with van der Waals surface area (Å²) >= 11 is 0. The monoisotopic (exact) mass is 256 g/mol. The molecule has 0 atom stereocenters. The van der Waals surface area contributed by atoms with Crippen molar-refractivity contribution in [2.45, 2.75) is 32.7 Å². The third-order valence-electron chi connectivity index (χ3n) is 3.31. The van der Waals surface area contributed by atoms with Crippen LogP contribution in [0.4, 0.5) is 0 Å². The second-order valence-electron chi connectivity index (χ2n) is 5.79. The quantitative estimate of drug-likeness (QED) is 0.695. The maximum absolute atomic E-state index is 11.6. The van der Waals surface area contributed by atoms with Gasteiger partial charge in [0, 0.05) is 51.2 Å². The zero-order chi connectivity index (χ0) is 13.6. The van der Waals surface area contributed by atoms with Crippen molar-refractivity contribution >= 4 is 5.91 Å². The SMILES string of the molecule is CCN1CCN(CCC(=O)NCC(C)(C)N)CC1. The van der Waals surface area contributed by atoms with Crippen molar-refractivity contribution in [2.24, 2.45) is 5.73 Å². The molecule has 0 aromatic rings. The van der Waals surface area contributed by atoms with Crippen molar-refractivity contribution in [1.29, 1.82) is 0 Å². The zero-order valence-electron chi connectivity index (χ0n) is 12.0. The Labute approximate surface area is 111 Å². The number of carbonyl (C=O) groups excluding carboxylic acids is 1. The molecule has 0 aromatic carbocycles. The zero-order valence-corrected chi connectivity index (χ0v) is 12.0. The van der Waals surface area contributed by atoms with Crippen LogP contribution >= 0.6 is 0 Å². The third-order valence-corrected chi connectivity index (χ3v) is 3.31. The van der Waals surface area contributed by atoms with Gasteiger partial charge < -0.3 is 20.9 Å². The summed E-state index contributed by atoms with van der Waals surface area (Å²) in [6.07, 6.45) is 0.572. The molecule has 5 heteroatoms. The van der Waals surface area contributed by atoms with Crippen LogP contribution in [-0.2, 0) is 4.79 Å². The Hall–Kier alpha value is -0.650. The van der Waals surface area contributed by atoms with Gasteiger partial charge in [-0.2, -0.15) is 0 Å². The fourth-order valence-corrected chi connectivity index (χ4v) is 2.00. The van der Waals surface area contributed by atoms with E-state index in [1.165, 1.54) is 0 Å². The van der Waals surface area contributed by atoms with E-state index in [9.17, 15) is 4.79 Å². The van der Waals surface area contributed by atoms with Gasteiger partial charge in [-0.1, -0.05) is 6.92 Å².